The third-order valence-electron chi connectivity index (χ3n) is 5.89. The molecule has 2 aromatic heterocycles. The molecule has 0 atom stereocenters. The number of nitrogens with one attached hydrogen (secondary N) is 1. The Morgan fingerprint density at radius 1 is 1.22 bits per heavy atom. The number of benzene rings is 1. The molecule has 0 amide bonds. The van der Waals surface area contributed by atoms with Gasteiger partial charge in [-0.2, -0.15) is 0 Å². The average molecular weight is 359 g/mol. The van der Waals surface area contributed by atoms with Crippen molar-refractivity contribution >= 4 is 5.57 Å². The summed E-state index contributed by atoms with van der Waals surface area (Å²) in [6, 6.07) is 5.47. The van der Waals surface area contributed by atoms with Gasteiger partial charge in [0.1, 0.15) is 5.75 Å². The van der Waals surface area contributed by atoms with Gasteiger partial charge in [0.15, 0.2) is 0 Å². The summed E-state index contributed by atoms with van der Waals surface area (Å²) in [5.74, 6) is 0.676. The highest BCUT2D eigenvalue weighted by molar-refractivity contribution is 5.69. The zero-order valence-electron chi connectivity index (χ0n) is 15.0. The lowest BCUT2D eigenvalue weighted by molar-refractivity contribution is 0.0268. The third-order valence-corrected chi connectivity index (χ3v) is 5.89. The van der Waals surface area contributed by atoms with Gasteiger partial charge in [0.2, 0.25) is 0 Å². The van der Waals surface area contributed by atoms with Crippen LogP contribution in [0.1, 0.15) is 18.5 Å². The number of allylic oxidation sites excluding steroid dienone is 1. The fourth-order valence-electron chi connectivity index (χ4n) is 4.15. The van der Waals surface area contributed by atoms with Gasteiger partial charge < -0.3 is 15.0 Å². The zero-order chi connectivity index (χ0) is 18.4. The standard InChI is InChI=1S/C21H21N5O/c1-14(15-7-21(8-15)11-23-12-21)18-9-25-19(10-24-18)17-3-2-16(6-20(17)27)26-5-4-22-13-26/h2-6,9-10,13,15,23,27H,1,7-8,11-12H2. The lowest BCUT2D eigenvalue weighted by Crippen LogP contribution is -2.60. The number of phenols is 1. The maximum absolute atomic E-state index is 10.4. The van der Waals surface area contributed by atoms with Crippen molar-refractivity contribution in [2.75, 3.05) is 13.1 Å². The topological polar surface area (TPSA) is 75.9 Å². The largest absolute Gasteiger partial charge is 0.507 e. The van der Waals surface area contributed by atoms with Crippen molar-refractivity contribution in [3.63, 3.8) is 0 Å². The van der Waals surface area contributed by atoms with Crippen LogP contribution in [0.15, 0.2) is 55.9 Å². The van der Waals surface area contributed by atoms with Crippen LogP contribution in [0.5, 0.6) is 5.75 Å². The quantitative estimate of drug-likeness (QED) is 0.749. The summed E-state index contributed by atoms with van der Waals surface area (Å²) < 4.78 is 1.84. The van der Waals surface area contributed by atoms with Crippen LogP contribution in [0.2, 0.25) is 0 Å². The number of aromatic nitrogens is 4. The van der Waals surface area contributed by atoms with Gasteiger partial charge >= 0.3 is 0 Å². The lowest BCUT2D eigenvalue weighted by atomic mass is 9.56. The molecule has 6 nitrogen and oxygen atoms in total. The molecule has 1 saturated heterocycles. The molecule has 5 rings (SSSR count). The third kappa shape index (κ3) is 2.73. The molecule has 1 spiro atoms. The molecule has 2 N–H and O–H groups in total. The SMILES string of the molecule is C=C(c1cnc(-c2ccc(-n3ccnc3)cc2O)cn1)C1CC2(CNC2)C1. The Bertz CT molecular complexity index is 982. The smallest absolute Gasteiger partial charge is 0.127 e. The van der Waals surface area contributed by atoms with E-state index in [1.54, 1.807) is 31.0 Å². The molecular formula is C21H21N5O. The van der Waals surface area contributed by atoms with Gasteiger partial charge in [-0.25, -0.2) is 4.98 Å². The summed E-state index contributed by atoms with van der Waals surface area (Å²) in [6.45, 7) is 6.52. The van der Waals surface area contributed by atoms with Crippen molar-refractivity contribution < 1.29 is 5.11 Å². The monoisotopic (exact) mass is 359 g/mol. The van der Waals surface area contributed by atoms with Crippen LogP contribution in [0.4, 0.5) is 0 Å². The van der Waals surface area contributed by atoms with Gasteiger partial charge in [0.25, 0.3) is 0 Å². The van der Waals surface area contributed by atoms with Gasteiger partial charge in [-0.1, -0.05) is 6.58 Å². The molecule has 6 heteroatoms. The molecule has 1 saturated carbocycles. The van der Waals surface area contributed by atoms with E-state index >= 15 is 0 Å². The van der Waals surface area contributed by atoms with Crippen LogP contribution >= 0.6 is 0 Å². The number of aromatic hydroxyl groups is 1. The van der Waals surface area contributed by atoms with Crippen LogP contribution in [-0.2, 0) is 0 Å². The Labute approximate surface area is 157 Å². The second kappa shape index (κ2) is 6.03. The van der Waals surface area contributed by atoms with Gasteiger partial charge in [0.05, 0.1) is 35.8 Å². The van der Waals surface area contributed by atoms with Crippen molar-refractivity contribution in [3.05, 3.63) is 61.6 Å². The normalized spacial score (nSPS) is 18.1. The maximum Gasteiger partial charge on any atom is 0.127 e. The van der Waals surface area contributed by atoms with Crippen LogP contribution in [-0.4, -0.2) is 37.7 Å². The van der Waals surface area contributed by atoms with Crippen molar-refractivity contribution in [2.45, 2.75) is 12.8 Å². The highest BCUT2D eigenvalue weighted by atomic mass is 16.3. The molecular weight excluding hydrogens is 338 g/mol. The van der Waals surface area contributed by atoms with Crippen molar-refractivity contribution in [1.29, 1.82) is 0 Å². The first-order valence-electron chi connectivity index (χ1n) is 9.17. The van der Waals surface area contributed by atoms with Crippen molar-refractivity contribution in [2.24, 2.45) is 11.3 Å². The van der Waals surface area contributed by atoms with E-state index in [1.165, 1.54) is 12.8 Å². The van der Waals surface area contributed by atoms with Crippen molar-refractivity contribution in [3.8, 4) is 22.7 Å². The van der Waals surface area contributed by atoms with E-state index in [2.05, 4.69) is 26.8 Å². The first-order valence-corrected chi connectivity index (χ1v) is 9.17. The summed E-state index contributed by atoms with van der Waals surface area (Å²) in [5.41, 5.74) is 4.59. The minimum absolute atomic E-state index is 0.167. The van der Waals surface area contributed by atoms with Gasteiger partial charge in [-0.3, -0.25) is 9.97 Å². The number of phenolic OH excluding ortho intramolecular Hbond substituents is 1. The second-order valence-corrected chi connectivity index (χ2v) is 7.69. The molecule has 3 heterocycles. The molecule has 1 aliphatic heterocycles. The van der Waals surface area contributed by atoms with Gasteiger partial charge in [0, 0.05) is 37.1 Å². The molecule has 3 aromatic rings. The second-order valence-electron chi connectivity index (χ2n) is 7.69. The predicted molar refractivity (Wildman–Crippen MR) is 103 cm³/mol. The van der Waals surface area contributed by atoms with Gasteiger partial charge in [-0.05, 0) is 41.9 Å². The molecule has 1 aromatic carbocycles. The Kier molecular flexibility index (Phi) is 3.62. The number of rotatable bonds is 4. The molecule has 27 heavy (non-hydrogen) atoms. The van der Waals surface area contributed by atoms with E-state index in [9.17, 15) is 5.11 Å². The first kappa shape index (κ1) is 16.2. The Hall–Kier alpha value is -2.99. The van der Waals surface area contributed by atoms with E-state index < -0.39 is 0 Å². The lowest BCUT2D eigenvalue weighted by Gasteiger charge is -2.55. The summed E-state index contributed by atoms with van der Waals surface area (Å²) >= 11 is 0. The van der Waals surface area contributed by atoms with E-state index in [0.717, 1.165) is 30.0 Å². The Balaban J connectivity index is 1.33. The minimum atomic E-state index is 0.167. The van der Waals surface area contributed by atoms with Crippen LogP contribution < -0.4 is 5.32 Å². The molecule has 2 aliphatic rings. The van der Waals surface area contributed by atoms with Crippen molar-refractivity contribution in [1.82, 2.24) is 24.8 Å². The molecule has 0 bridgehead atoms. The number of hydrogen-bond acceptors (Lipinski definition) is 5. The molecule has 1 aliphatic carbocycles. The highest BCUT2D eigenvalue weighted by Gasteiger charge is 2.49. The summed E-state index contributed by atoms with van der Waals surface area (Å²) in [6.07, 6.45) is 11.1. The Morgan fingerprint density at radius 2 is 2.07 bits per heavy atom. The maximum atomic E-state index is 10.4. The van der Waals surface area contributed by atoms with Crippen LogP contribution in [0.3, 0.4) is 0 Å². The zero-order valence-corrected chi connectivity index (χ0v) is 15.0. The first-order chi connectivity index (χ1) is 13.1. The fraction of sp³-hybridized carbons (Fsp3) is 0.286. The van der Waals surface area contributed by atoms with Crippen LogP contribution in [0, 0.1) is 11.3 Å². The van der Waals surface area contributed by atoms with Gasteiger partial charge in [-0.15, -0.1) is 0 Å². The fourth-order valence-corrected chi connectivity index (χ4v) is 4.15. The van der Waals surface area contributed by atoms with E-state index in [1.807, 2.05) is 22.9 Å². The number of imidazole rings is 1. The minimum Gasteiger partial charge on any atom is -0.507 e. The van der Waals surface area contributed by atoms with E-state index in [0.29, 0.717) is 22.6 Å². The average Bonchev–Trinajstić information content (AvgIpc) is 3.14. The molecule has 0 unspecified atom stereocenters. The van der Waals surface area contributed by atoms with E-state index in [4.69, 9.17) is 0 Å². The molecule has 2 fully saturated rings. The summed E-state index contributed by atoms with van der Waals surface area (Å²) in [4.78, 5) is 13.1. The highest BCUT2D eigenvalue weighted by Crippen LogP contribution is 2.52. The molecule has 136 valence electrons. The predicted octanol–water partition coefficient (Wildman–Crippen LogP) is 3.05. The number of hydrogen-bond donors (Lipinski definition) is 2. The number of nitrogens with zero attached hydrogens (tertiary/aromatic N) is 4. The van der Waals surface area contributed by atoms with Crippen LogP contribution in [0.25, 0.3) is 22.5 Å². The Morgan fingerprint density at radius 3 is 2.67 bits per heavy atom. The molecule has 0 radical (unpaired) electrons. The summed E-state index contributed by atoms with van der Waals surface area (Å²) in [7, 11) is 0. The summed E-state index contributed by atoms with van der Waals surface area (Å²) in [5, 5.41) is 13.8. The van der Waals surface area contributed by atoms with E-state index in [-0.39, 0.29) is 5.75 Å².